The first-order chi connectivity index (χ1) is 6.82. The molecule has 0 bridgehead atoms. The molecule has 1 aliphatic rings. The second kappa shape index (κ2) is 5.50. The Hall–Kier alpha value is -2.22. The SMILES string of the molecule is C=C(C)C(=O)O.NC1=CC(N)=NN(N)N1. The van der Waals surface area contributed by atoms with E-state index in [-0.39, 0.29) is 11.4 Å². The molecule has 84 valence electrons. The van der Waals surface area contributed by atoms with Crippen LogP contribution in [0.4, 0.5) is 0 Å². The van der Waals surface area contributed by atoms with Crippen LogP contribution in [0, 0.1) is 0 Å². The summed E-state index contributed by atoms with van der Waals surface area (Å²) < 4.78 is 0. The Morgan fingerprint density at radius 1 is 1.67 bits per heavy atom. The lowest BCUT2D eigenvalue weighted by atomic mass is 10.4. The van der Waals surface area contributed by atoms with Gasteiger partial charge in [-0.15, -0.1) is 10.3 Å². The van der Waals surface area contributed by atoms with Crippen LogP contribution in [0.25, 0.3) is 0 Å². The number of hydrazone groups is 1. The molecule has 0 aliphatic carbocycles. The number of hydrogen-bond donors (Lipinski definition) is 5. The van der Waals surface area contributed by atoms with Gasteiger partial charge in [-0.2, -0.15) is 0 Å². The van der Waals surface area contributed by atoms with Gasteiger partial charge in [0.05, 0.1) is 0 Å². The highest BCUT2D eigenvalue weighted by molar-refractivity contribution is 5.91. The number of carboxylic acid groups (broad SMARTS) is 1. The van der Waals surface area contributed by atoms with Gasteiger partial charge < -0.3 is 16.6 Å². The maximum Gasteiger partial charge on any atom is 0.330 e. The molecule has 1 rings (SSSR count). The normalized spacial score (nSPS) is 13.9. The average molecular weight is 214 g/mol. The Morgan fingerprint density at radius 2 is 2.13 bits per heavy atom. The maximum atomic E-state index is 9.60. The number of carbonyl (C=O) groups is 1. The van der Waals surface area contributed by atoms with Crippen LogP contribution >= 0.6 is 0 Å². The number of nitrogens with two attached hydrogens (primary N) is 3. The van der Waals surface area contributed by atoms with Crippen molar-refractivity contribution in [3.8, 4) is 0 Å². The molecule has 0 saturated heterocycles. The predicted molar refractivity (Wildman–Crippen MR) is 55.5 cm³/mol. The van der Waals surface area contributed by atoms with Crippen molar-refractivity contribution in [2.24, 2.45) is 22.4 Å². The largest absolute Gasteiger partial charge is 0.478 e. The van der Waals surface area contributed by atoms with E-state index in [1.807, 2.05) is 0 Å². The van der Waals surface area contributed by atoms with Crippen LogP contribution in [0.1, 0.15) is 6.92 Å². The minimum Gasteiger partial charge on any atom is -0.478 e. The molecule has 0 atom stereocenters. The van der Waals surface area contributed by atoms with Crippen LogP contribution in [0.5, 0.6) is 0 Å². The summed E-state index contributed by atoms with van der Waals surface area (Å²) in [5.74, 6) is 4.88. The van der Waals surface area contributed by atoms with Crippen molar-refractivity contribution >= 4 is 11.8 Å². The second-order valence-corrected chi connectivity index (χ2v) is 2.67. The van der Waals surface area contributed by atoms with Crippen LogP contribution in [-0.2, 0) is 4.79 Å². The minimum atomic E-state index is -0.935. The van der Waals surface area contributed by atoms with Crippen LogP contribution in [-0.4, -0.2) is 22.1 Å². The first kappa shape index (κ1) is 12.8. The lowest BCUT2D eigenvalue weighted by molar-refractivity contribution is -0.132. The summed E-state index contributed by atoms with van der Waals surface area (Å²) in [6, 6.07) is 0. The molecule has 0 aromatic rings. The quantitative estimate of drug-likeness (QED) is 0.261. The van der Waals surface area contributed by atoms with E-state index in [2.05, 4.69) is 17.1 Å². The van der Waals surface area contributed by atoms with E-state index in [1.165, 1.54) is 13.0 Å². The minimum absolute atomic E-state index is 0.176. The molecule has 0 aromatic heterocycles. The Balaban J connectivity index is 0.000000288. The zero-order chi connectivity index (χ0) is 12.0. The molecule has 0 fully saturated rings. The van der Waals surface area contributed by atoms with Crippen LogP contribution < -0.4 is 22.7 Å². The van der Waals surface area contributed by atoms with Crippen LogP contribution in [0.3, 0.4) is 0 Å². The van der Waals surface area contributed by atoms with Crippen molar-refractivity contribution in [2.75, 3.05) is 0 Å². The fourth-order valence-corrected chi connectivity index (χ4v) is 0.502. The molecule has 1 heterocycles. The summed E-state index contributed by atoms with van der Waals surface area (Å²) in [5, 5.41) is 12.4. The Morgan fingerprint density at radius 3 is 2.40 bits per heavy atom. The summed E-state index contributed by atoms with van der Waals surface area (Å²) >= 11 is 0. The summed E-state index contributed by atoms with van der Waals surface area (Å²) in [4.78, 5) is 9.60. The summed E-state index contributed by atoms with van der Waals surface area (Å²) in [6.07, 6.45) is 1.48. The molecular weight excluding hydrogens is 200 g/mol. The zero-order valence-electron chi connectivity index (χ0n) is 8.27. The van der Waals surface area contributed by atoms with Gasteiger partial charge in [0.25, 0.3) is 0 Å². The van der Waals surface area contributed by atoms with Gasteiger partial charge >= 0.3 is 5.97 Å². The average Bonchev–Trinajstić information content (AvgIpc) is 2.01. The third-order valence-electron chi connectivity index (χ3n) is 1.14. The number of aliphatic carboxylic acids is 1. The third-order valence-corrected chi connectivity index (χ3v) is 1.14. The highest BCUT2D eigenvalue weighted by atomic mass is 16.4. The van der Waals surface area contributed by atoms with E-state index >= 15 is 0 Å². The zero-order valence-corrected chi connectivity index (χ0v) is 8.27. The van der Waals surface area contributed by atoms with E-state index in [1.54, 1.807) is 0 Å². The summed E-state index contributed by atoms with van der Waals surface area (Å²) in [7, 11) is 0. The van der Waals surface area contributed by atoms with E-state index in [9.17, 15) is 4.79 Å². The fourth-order valence-electron chi connectivity index (χ4n) is 0.502. The lowest BCUT2D eigenvalue weighted by Gasteiger charge is -2.18. The van der Waals surface area contributed by atoms with Gasteiger partial charge in [-0.05, 0) is 6.92 Å². The Kier molecular flexibility index (Phi) is 4.68. The smallest absolute Gasteiger partial charge is 0.330 e. The summed E-state index contributed by atoms with van der Waals surface area (Å²) in [5.41, 5.74) is 13.2. The first-order valence-corrected chi connectivity index (χ1v) is 3.84. The van der Waals surface area contributed by atoms with Crippen molar-refractivity contribution in [1.29, 1.82) is 0 Å². The van der Waals surface area contributed by atoms with Crippen molar-refractivity contribution < 1.29 is 9.90 Å². The first-order valence-electron chi connectivity index (χ1n) is 3.84. The molecule has 0 unspecified atom stereocenters. The summed E-state index contributed by atoms with van der Waals surface area (Å²) in [6.45, 7) is 4.60. The number of carboxylic acids is 1. The molecule has 8 N–H and O–H groups in total. The highest BCUT2D eigenvalue weighted by Gasteiger charge is 2.01. The fraction of sp³-hybridized carbons (Fsp3) is 0.143. The standard InChI is InChI=1S/C4H6O2.C3H8N6/c1-3(2)4(5)6;4-2-1-3(5)8-9(6)7-2/h1H2,2H3,(H,5,6);1,7H,4,6H2,(H2,5,8). The van der Waals surface area contributed by atoms with Gasteiger partial charge in [-0.1, -0.05) is 6.58 Å². The van der Waals surface area contributed by atoms with Crippen molar-refractivity contribution in [3.63, 3.8) is 0 Å². The van der Waals surface area contributed by atoms with Gasteiger partial charge in [0.15, 0.2) is 5.84 Å². The number of amidine groups is 1. The molecule has 0 aromatic carbocycles. The van der Waals surface area contributed by atoms with E-state index < -0.39 is 5.97 Å². The molecule has 1 aliphatic heterocycles. The second-order valence-electron chi connectivity index (χ2n) is 2.67. The molecule has 0 radical (unpaired) electrons. The molecule has 0 saturated carbocycles. The van der Waals surface area contributed by atoms with Gasteiger partial charge in [0.2, 0.25) is 0 Å². The van der Waals surface area contributed by atoms with Gasteiger partial charge in [-0.3, -0.25) is 5.43 Å². The van der Waals surface area contributed by atoms with Gasteiger partial charge in [0.1, 0.15) is 5.82 Å². The lowest BCUT2D eigenvalue weighted by Crippen LogP contribution is -2.45. The van der Waals surface area contributed by atoms with E-state index in [0.29, 0.717) is 5.82 Å². The van der Waals surface area contributed by atoms with Crippen molar-refractivity contribution in [3.05, 3.63) is 24.0 Å². The number of hydrogen-bond acceptors (Lipinski definition) is 7. The van der Waals surface area contributed by atoms with Gasteiger partial charge in [0, 0.05) is 11.6 Å². The molecule has 0 spiro atoms. The Bertz CT molecular complexity index is 309. The molecule has 8 nitrogen and oxygen atoms in total. The topological polar surface area (TPSA) is 143 Å². The monoisotopic (exact) mass is 214 g/mol. The third kappa shape index (κ3) is 5.93. The van der Waals surface area contributed by atoms with E-state index in [0.717, 1.165) is 5.23 Å². The molecule has 8 heteroatoms. The number of hydrazine groups is 2. The van der Waals surface area contributed by atoms with Crippen molar-refractivity contribution in [1.82, 2.24) is 10.7 Å². The number of nitrogens with one attached hydrogen (secondary N) is 1. The van der Waals surface area contributed by atoms with Crippen LogP contribution in [0.15, 0.2) is 29.2 Å². The number of rotatable bonds is 1. The molecule has 15 heavy (non-hydrogen) atoms. The highest BCUT2D eigenvalue weighted by Crippen LogP contribution is 1.87. The Labute approximate surface area is 86.6 Å². The van der Waals surface area contributed by atoms with Crippen molar-refractivity contribution in [2.45, 2.75) is 6.92 Å². The van der Waals surface area contributed by atoms with Crippen LogP contribution in [0.2, 0.25) is 0 Å². The number of nitrogens with zero attached hydrogens (tertiary/aromatic N) is 2. The molecule has 0 amide bonds. The molecular formula is C7H14N6O2. The predicted octanol–water partition coefficient (Wildman–Crippen LogP) is -1.60. The maximum absolute atomic E-state index is 9.60. The van der Waals surface area contributed by atoms with E-state index in [4.69, 9.17) is 22.4 Å². The van der Waals surface area contributed by atoms with Gasteiger partial charge in [-0.25, -0.2) is 10.6 Å².